The zero-order valence-corrected chi connectivity index (χ0v) is 11.7. The Bertz CT molecular complexity index is 708. The van der Waals surface area contributed by atoms with Gasteiger partial charge in [0.25, 0.3) is 0 Å². The Morgan fingerprint density at radius 3 is 2.10 bits per heavy atom. The summed E-state index contributed by atoms with van der Waals surface area (Å²) in [5.41, 5.74) is 10.0. The lowest BCUT2D eigenvalue weighted by Gasteiger charge is -2.10. The van der Waals surface area contributed by atoms with Gasteiger partial charge < -0.3 is 10.5 Å². The molecule has 0 heterocycles. The Balaban J connectivity index is 1.82. The fraction of sp³-hybridized carbons (Fsp3) is 0.0526. The number of benzene rings is 3. The van der Waals surface area contributed by atoms with E-state index in [0.29, 0.717) is 12.3 Å². The van der Waals surface area contributed by atoms with Gasteiger partial charge in [0.05, 0.1) is 0 Å². The third-order valence-electron chi connectivity index (χ3n) is 3.28. The number of ether oxygens (including phenoxy) is 1. The van der Waals surface area contributed by atoms with Gasteiger partial charge >= 0.3 is 0 Å². The average molecular weight is 275 g/mol. The topological polar surface area (TPSA) is 35.2 Å². The molecule has 0 fully saturated rings. The molecule has 0 bridgehead atoms. The van der Waals surface area contributed by atoms with E-state index in [-0.39, 0.29) is 0 Å². The van der Waals surface area contributed by atoms with Crippen molar-refractivity contribution >= 4 is 5.69 Å². The third kappa shape index (κ3) is 3.42. The van der Waals surface area contributed by atoms with Crippen LogP contribution in [0, 0.1) is 0 Å². The van der Waals surface area contributed by atoms with E-state index in [9.17, 15) is 0 Å². The zero-order chi connectivity index (χ0) is 14.5. The fourth-order valence-electron chi connectivity index (χ4n) is 2.24. The van der Waals surface area contributed by atoms with Gasteiger partial charge in [0.1, 0.15) is 12.4 Å². The van der Waals surface area contributed by atoms with Crippen molar-refractivity contribution in [3.63, 3.8) is 0 Å². The molecular weight excluding hydrogens is 258 g/mol. The largest absolute Gasteiger partial charge is 0.489 e. The zero-order valence-electron chi connectivity index (χ0n) is 11.7. The van der Waals surface area contributed by atoms with Crippen molar-refractivity contribution in [2.45, 2.75) is 6.61 Å². The van der Waals surface area contributed by atoms with E-state index in [4.69, 9.17) is 10.5 Å². The lowest BCUT2D eigenvalue weighted by molar-refractivity contribution is 0.306. The van der Waals surface area contributed by atoms with E-state index in [1.165, 1.54) is 0 Å². The van der Waals surface area contributed by atoms with Gasteiger partial charge in [0, 0.05) is 11.8 Å². The third-order valence-corrected chi connectivity index (χ3v) is 3.28. The van der Waals surface area contributed by atoms with E-state index < -0.39 is 0 Å². The monoisotopic (exact) mass is 275 g/mol. The normalized spacial score (nSPS) is 10.3. The van der Waals surface area contributed by atoms with E-state index in [1.54, 1.807) is 0 Å². The molecule has 0 radical (unpaired) electrons. The van der Waals surface area contributed by atoms with E-state index in [2.05, 4.69) is 12.1 Å². The molecule has 2 nitrogen and oxygen atoms in total. The van der Waals surface area contributed by atoms with Crippen LogP contribution in [0.1, 0.15) is 5.56 Å². The van der Waals surface area contributed by atoms with E-state index in [1.807, 2.05) is 66.7 Å². The van der Waals surface area contributed by atoms with Crippen molar-refractivity contribution in [2.24, 2.45) is 0 Å². The van der Waals surface area contributed by atoms with Gasteiger partial charge in [-0.05, 0) is 28.8 Å². The number of nitrogens with two attached hydrogens (primary N) is 1. The molecule has 0 unspecified atom stereocenters. The Labute approximate surface area is 124 Å². The van der Waals surface area contributed by atoms with Crippen molar-refractivity contribution < 1.29 is 4.74 Å². The van der Waals surface area contributed by atoms with Gasteiger partial charge in [-0.3, -0.25) is 0 Å². The summed E-state index contributed by atoms with van der Waals surface area (Å²) in [6.07, 6.45) is 0. The van der Waals surface area contributed by atoms with Crippen molar-refractivity contribution in [1.82, 2.24) is 0 Å². The quantitative estimate of drug-likeness (QED) is 0.711. The van der Waals surface area contributed by atoms with Gasteiger partial charge in [-0.15, -0.1) is 0 Å². The van der Waals surface area contributed by atoms with Crippen LogP contribution in [0.5, 0.6) is 5.75 Å². The lowest BCUT2D eigenvalue weighted by Crippen LogP contribution is -1.96. The molecule has 0 aliphatic rings. The van der Waals surface area contributed by atoms with Crippen LogP contribution in [0.3, 0.4) is 0 Å². The van der Waals surface area contributed by atoms with Crippen LogP contribution in [0.25, 0.3) is 11.1 Å². The molecule has 2 N–H and O–H groups in total. The highest BCUT2D eigenvalue weighted by molar-refractivity contribution is 5.69. The smallest absolute Gasteiger partial charge is 0.122 e. The fourth-order valence-corrected chi connectivity index (χ4v) is 2.24. The minimum atomic E-state index is 0.540. The molecule has 0 atom stereocenters. The SMILES string of the molecule is Nc1cc(OCc2ccccc2)cc(-c2ccccc2)c1. The summed E-state index contributed by atoms with van der Waals surface area (Å²) >= 11 is 0. The molecule has 0 saturated heterocycles. The molecular formula is C19H17NO. The number of hydrogen-bond acceptors (Lipinski definition) is 2. The number of nitrogen functional groups attached to an aromatic ring is 1. The van der Waals surface area contributed by atoms with Gasteiger partial charge in [0.15, 0.2) is 0 Å². The minimum Gasteiger partial charge on any atom is -0.489 e. The second-order valence-corrected chi connectivity index (χ2v) is 4.93. The van der Waals surface area contributed by atoms with Crippen molar-refractivity contribution in [3.8, 4) is 16.9 Å². The van der Waals surface area contributed by atoms with E-state index >= 15 is 0 Å². The van der Waals surface area contributed by atoms with Crippen LogP contribution < -0.4 is 10.5 Å². The molecule has 0 amide bonds. The highest BCUT2D eigenvalue weighted by Gasteiger charge is 2.03. The van der Waals surface area contributed by atoms with Crippen LogP contribution in [0.4, 0.5) is 5.69 Å². The van der Waals surface area contributed by atoms with Crippen molar-refractivity contribution in [3.05, 3.63) is 84.4 Å². The molecule has 21 heavy (non-hydrogen) atoms. The highest BCUT2D eigenvalue weighted by Crippen LogP contribution is 2.27. The van der Waals surface area contributed by atoms with Crippen LogP contribution >= 0.6 is 0 Å². The lowest BCUT2D eigenvalue weighted by atomic mass is 10.0. The van der Waals surface area contributed by atoms with Crippen LogP contribution in [0.2, 0.25) is 0 Å². The molecule has 104 valence electrons. The summed E-state index contributed by atoms with van der Waals surface area (Å²) in [5, 5.41) is 0. The van der Waals surface area contributed by atoms with Crippen LogP contribution in [0.15, 0.2) is 78.9 Å². The summed E-state index contributed by atoms with van der Waals surface area (Å²) in [6.45, 7) is 0.540. The maximum absolute atomic E-state index is 5.99. The Kier molecular flexibility index (Phi) is 3.88. The summed E-state index contributed by atoms with van der Waals surface area (Å²) in [4.78, 5) is 0. The molecule has 3 aromatic rings. The second kappa shape index (κ2) is 6.14. The molecule has 0 aliphatic carbocycles. The standard InChI is InChI=1S/C19H17NO/c20-18-11-17(16-9-5-2-6-10-16)12-19(13-18)21-14-15-7-3-1-4-8-15/h1-13H,14,20H2. The van der Waals surface area contributed by atoms with Crippen molar-refractivity contribution in [2.75, 3.05) is 5.73 Å². The molecule has 3 rings (SSSR count). The number of hydrogen-bond donors (Lipinski definition) is 1. The second-order valence-electron chi connectivity index (χ2n) is 4.93. The summed E-state index contributed by atoms with van der Waals surface area (Å²) in [6, 6.07) is 26.1. The van der Waals surface area contributed by atoms with Gasteiger partial charge in [-0.1, -0.05) is 60.7 Å². The van der Waals surface area contributed by atoms with Crippen LogP contribution in [-0.4, -0.2) is 0 Å². The Morgan fingerprint density at radius 1 is 0.714 bits per heavy atom. The summed E-state index contributed by atoms with van der Waals surface area (Å²) < 4.78 is 5.86. The molecule has 0 aliphatic heterocycles. The first kappa shape index (κ1) is 13.3. The molecule has 3 aromatic carbocycles. The summed E-state index contributed by atoms with van der Waals surface area (Å²) in [7, 11) is 0. The maximum Gasteiger partial charge on any atom is 0.122 e. The molecule has 2 heteroatoms. The van der Waals surface area contributed by atoms with E-state index in [0.717, 1.165) is 22.4 Å². The number of anilines is 1. The predicted molar refractivity (Wildman–Crippen MR) is 87.1 cm³/mol. The maximum atomic E-state index is 5.99. The first-order valence-corrected chi connectivity index (χ1v) is 6.94. The first-order valence-electron chi connectivity index (χ1n) is 6.94. The van der Waals surface area contributed by atoms with Crippen LogP contribution in [-0.2, 0) is 6.61 Å². The first-order chi connectivity index (χ1) is 10.3. The molecule has 0 spiro atoms. The Morgan fingerprint density at radius 2 is 1.38 bits per heavy atom. The van der Waals surface area contributed by atoms with Crippen molar-refractivity contribution in [1.29, 1.82) is 0 Å². The molecule has 0 saturated carbocycles. The average Bonchev–Trinajstić information content (AvgIpc) is 2.54. The van der Waals surface area contributed by atoms with Gasteiger partial charge in [-0.2, -0.15) is 0 Å². The summed E-state index contributed by atoms with van der Waals surface area (Å²) in [5.74, 6) is 0.790. The molecule has 0 aromatic heterocycles. The minimum absolute atomic E-state index is 0.540. The van der Waals surface area contributed by atoms with Gasteiger partial charge in [-0.25, -0.2) is 0 Å². The highest BCUT2D eigenvalue weighted by atomic mass is 16.5. The van der Waals surface area contributed by atoms with Gasteiger partial charge in [0.2, 0.25) is 0 Å². The Hall–Kier alpha value is -2.74. The number of rotatable bonds is 4. The predicted octanol–water partition coefficient (Wildman–Crippen LogP) is 4.51.